The molecule has 3 rings (SSSR count). The Hall–Kier alpha value is -2.92. The van der Waals surface area contributed by atoms with Crippen molar-refractivity contribution >= 4 is 25.9 Å². The number of ether oxygens (including phenoxy) is 1. The highest BCUT2D eigenvalue weighted by atomic mass is 32.2. The van der Waals surface area contributed by atoms with E-state index in [1.165, 1.54) is 42.5 Å². The van der Waals surface area contributed by atoms with E-state index in [1.54, 1.807) is 12.1 Å². The maximum Gasteiger partial charge on any atom is 0.298 e. The number of rotatable bonds is 5. The number of anilines is 1. The molecule has 0 aromatic heterocycles. The van der Waals surface area contributed by atoms with E-state index in [1.807, 2.05) is 0 Å². The van der Waals surface area contributed by atoms with Gasteiger partial charge in [-0.25, -0.2) is 0 Å². The number of nitrogen functional groups attached to an aromatic ring is 1. The van der Waals surface area contributed by atoms with Gasteiger partial charge < -0.3 is 10.5 Å². The third-order valence-corrected chi connectivity index (χ3v) is 5.53. The van der Waals surface area contributed by atoms with E-state index < -0.39 is 25.1 Å². The number of hydrogen-bond donors (Lipinski definition) is 3. The van der Waals surface area contributed by atoms with E-state index in [0.29, 0.717) is 5.69 Å². The summed E-state index contributed by atoms with van der Waals surface area (Å²) in [5.41, 5.74) is 6.54. The van der Waals surface area contributed by atoms with Gasteiger partial charge in [0, 0.05) is 11.3 Å². The van der Waals surface area contributed by atoms with E-state index in [-0.39, 0.29) is 27.5 Å². The minimum atomic E-state index is -4.65. The van der Waals surface area contributed by atoms with Crippen LogP contribution in [0.25, 0.3) is 11.1 Å². The minimum Gasteiger partial charge on any atom is -0.455 e. The van der Waals surface area contributed by atoms with Crippen molar-refractivity contribution in [2.75, 3.05) is 5.73 Å². The fraction of sp³-hybridized carbons (Fsp3) is 0. The van der Waals surface area contributed by atoms with E-state index in [9.17, 15) is 25.9 Å². The fourth-order valence-electron chi connectivity index (χ4n) is 2.53. The van der Waals surface area contributed by atoms with Gasteiger partial charge in [0.15, 0.2) is 5.75 Å². The molecule has 0 unspecified atom stereocenters. The Labute approximate surface area is 161 Å². The van der Waals surface area contributed by atoms with E-state index in [0.717, 1.165) is 12.1 Å². The molecule has 28 heavy (non-hydrogen) atoms. The van der Waals surface area contributed by atoms with Gasteiger partial charge in [-0.2, -0.15) is 16.8 Å². The van der Waals surface area contributed by atoms with Gasteiger partial charge in [0.25, 0.3) is 20.2 Å². The van der Waals surface area contributed by atoms with E-state index in [4.69, 9.17) is 10.5 Å². The van der Waals surface area contributed by atoms with Crippen LogP contribution in [0.2, 0.25) is 0 Å². The molecule has 4 N–H and O–H groups in total. The predicted molar refractivity (Wildman–Crippen MR) is 102 cm³/mol. The summed E-state index contributed by atoms with van der Waals surface area (Å²) in [4.78, 5) is -0.875. The maximum absolute atomic E-state index is 11.8. The normalized spacial score (nSPS) is 11.9. The largest absolute Gasteiger partial charge is 0.455 e. The molecule has 0 radical (unpaired) electrons. The highest BCUT2D eigenvalue weighted by molar-refractivity contribution is 7.86. The second kappa shape index (κ2) is 7.24. The average molecular weight is 421 g/mol. The van der Waals surface area contributed by atoms with Crippen molar-refractivity contribution in [1.29, 1.82) is 0 Å². The smallest absolute Gasteiger partial charge is 0.298 e. The zero-order valence-corrected chi connectivity index (χ0v) is 15.8. The lowest BCUT2D eigenvalue weighted by Gasteiger charge is -2.15. The molecule has 0 saturated carbocycles. The zero-order chi connectivity index (χ0) is 20.5. The Morgan fingerprint density at radius 2 is 1.43 bits per heavy atom. The molecule has 0 aliphatic heterocycles. The average Bonchev–Trinajstić information content (AvgIpc) is 2.62. The Bertz CT molecular complexity index is 1240. The first kappa shape index (κ1) is 19.8. The lowest BCUT2D eigenvalue weighted by molar-refractivity contribution is 0.451. The third-order valence-electron chi connectivity index (χ3n) is 3.80. The molecule has 0 aliphatic carbocycles. The van der Waals surface area contributed by atoms with Gasteiger partial charge in [0.1, 0.15) is 10.6 Å². The summed E-state index contributed by atoms with van der Waals surface area (Å²) >= 11 is 0. The van der Waals surface area contributed by atoms with Crippen molar-refractivity contribution in [3.05, 3.63) is 66.7 Å². The molecule has 0 fully saturated rings. The number of hydrogen-bond acceptors (Lipinski definition) is 6. The molecule has 3 aromatic rings. The Kier molecular flexibility index (Phi) is 5.13. The first-order valence-corrected chi connectivity index (χ1v) is 10.7. The minimum absolute atomic E-state index is 0.192. The Morgan fingerprint density at radius 1 is 0.786 bits per heavy atom. The van der Waals surface area contributed by atoms with Gasteiger partial charge in [-0.1, -0.05) is 24.3 Å². The van der Waals surface area contributed by atoms with Gasteiger partial charge in [0.2, 0.25) is 0 Å². The van der Waals surface area contributed by atoms with Crippen molar-refractivity contribution in [2.24, 2.45) is 0 Å². The molecule has 0 amide bonds. The van der Waals surface area contributed by atoms with Crippen molar-refractivity contribution in [3.63, 3.8) is 0 Å². The van der Waals surface area contributed by atoms with Crippen LogP contribution in [0.3, 0.4) is 0 Å². The van der Waals surface area contributed by atoms with Crippen LogP contribution in [-0.4, -0.2) is 25.9 Å². The van der Waals surface area contributed by atoms with Gasteiger partial charge in [-0.15, -0.1) is 0 Å². The predicted octanol–water partition coefficient (Wildman–Crippen LogP) is 3.22. The van der Waals surface area contributed by atoms with Crippen LogP contribution in [-0.2, 0) is 20.2 Å². The summed E-state index contributed by atoms with van der Waals surface area (Å²) in [6, 6.07) is 15.4. The van der Waals surface area contributed by atoms with Gasteiger partial charge in [-0.3, -0.25) is 9.11 Å². The van der Waals surface area contributed by atoms with Crippen LogP contribution >= 0.6 is 0 Å². The van der Waals surface area contributed by atoms with Crippen molar-refractivity contribution < 1.29 is 30.7 Å². The van der Waals surface area contributed by atoms with Crippen LogP contribution < -0.4 is 10.5 Å². The van der Waals surface area contributed by atoms with Crippen molar-refractivity contribution in [1.82, 2.24) is 0 Å². The quantitative estimate of drug-likeness (QED) is 0.421. The lowest BCUT2D eigenvalue weighted by Crippen LogP contribution is -2.03. The summed E-state index contributed by atoms with van der Waals surface area (Å²) in [6.07, 6.45) is 0. The van der Waals surface area contributed by atoms with Crippen LogP contribution in [0.15, 0.2) is 76.5 Å². The topological polar surface area (TPSA) is 144 Å². The summed E-state index contributed by atoms with van der Waals surface area (Å²) < 4.78 is 71.1. The molecule has 3 aromatic carbocycles. The van der Waals surface area contributed by atoms with Crippen LogP contribution in [0.5, 0.6) is 11.5 Å². The molecule has 0 bridgehead atoms. The number of benzene rings is 3. The van der Waals surface area contributed by atoms with Crippen molar-refractivity contribution in [3.8, 4) is 22.6 Å². The van der Waals surface area contributed by atoms with Crippen LogP contribution in [0.1, 0.15) is 0 Å². The Morgan fingerprint density at radius 3 is 2.04 bits per heavy atom. The molecular weight excluding hydrogens is 406 g/mol. The van der Waals surface area contributed by atoms with Crippen molar-refractivity contribution in [2.45, 2.75) is 9.79 Å². The molecule has 146 valence electrons. The summed E-state index contributed by atoms with van der Waals surface area (Å²) in [5, 5.41) is 0. The number of para-hydroxylation sites is 1. The number of nitrogens with two attached hydrogens (primary N) is 1. The first-order chi connectivity index (χ1) is 13.1. The molecule has 0 spiro atoms. The fourth-order valence-corrected chi connectivity index (χ4v) is 3.69. The molecule has 0 aliphatic rings. The first-order valence-electron chi connectivity index (χ1n) is 7.77. The molecular formula is C18H15NO7S2. The second-order valence-corrected chi connectivity index (χ2v) is 8.59. The molecule has 0 saturated heterocycles. The molecule has 10 heteroatoms. The van der Waals surface area contributed by atoms with Crippen LogP contribution in [0.4, 0.5) is 5.69 Å². The SMILES string of the molecule is Nc1ccc(Oc2c(-c3cccc(S(=O)(=O)O)c3)cccc2S(=O)(=O)O)cc1. The molecule has 8 nitrogen and oxygen atoms in total. The second-order valence-electron chi connectivity index (χ2n) is 5.78. The highest BCUT2D eigenvalue weighted by Gasteiger charge is 2.22. The van der Waals surface area contributed by atoms with E-state index in [2.05, 4.69) is 0 Å². The highest BCUT2D eigenvalue weighted by Crippen LogP contribution is 2.39. The Balaban J connectivity index is 2.23. The summed E-state index contributed by atoms with van der Waals surface area (Å²) in [6.45, 7) is 0. The molecule has 0 heterocycles. The standard InChI is InChI=1S/C18H15NO7S2/c19-13-7-9-14(10-8-13)26-18-16(5-2-6-17(18)28(23,24)25)12-3-1-4-15(11-12)27(20,21)22/h1-11H,19H2,(H,20,21,22)(H,23,24,25). The monoisotopic (exact) mass is 421 g/mol. The van der Waals surface area contributed by atoms with E-state index >= 15 is 0 Å². The third kappa shape index (κ3) is 4.31. The van der Waals surface area contributed by atoms with Gasteiger partial charge >= 0.3 is 0 Å². The lowest BCUT2D eigenvalue weighted by atomic mass is 10.0. The van der Waals surface area contributed by atoms with Gasteiger partial charge in [-0.05, 0) is 48.0 Å². The summed E-state index contributed by atoms with van der Waals surface area (Å²) in [5.74, 6) is 0.0414. The van der Waals surface area contributed by atoms with Gasteiger partial charge in [0.05, 0.1) is 4.90 Å². The maximum atomic E-state index is 11.8. The zero-order valence-electron chi connectivity index (χ0n) is 14.2. The summed E-state index contributed by atoms with van der Waals surface area (Å²) in [7, 11) is -9.12. The van der Waals surface area contributed by atoms with Crippen LogP contribution in [0, 0.1) is 0 Å². The molecule has 0 atom stereocenters.